The maximum Gasteiger partial charge on any atom is 0.0908 e. The molecule has 0 nitrogen and oxygen atoms in total. The van der Waals surface area contributed by atoms with E-state index < -0.39 is 0 Å². The molecule has 1 aromatic rings. The number of alkyl halides is 2. The van der Waals surface area contributed by atoms with Crippen LogP contribution in [0.2, 0.25) is 6.04 Å². The molecule has 0 aliphatic heterocycles. The van der Waals surface area contributed by atoms with Crippen LogP contribution in [0.25, 0.3) is 0 Å². The summed E-state index contributed by atoms with van der Waals surface area (Å²) in [6.45, 7) is 2.27. The molecule has 1 rings (SSSR count). The minimum absolute atomic E-state index is 0.0713. The molecule has 1 aromatic carbocycles. The molecular formula is C11H16Cl2Si. The molecule has 0 radical (unpaired) electrons. The zero-order valence-corrected chi connectivity index (χ0v) is 11.3. The third-order valence-corrected chi connectivity index (χ3v) is 4.99. The molecule has 0 aliphatic rings. The minimum Gasteiger partial charge on any atom is -0.110 e. The lowest BCUT2D eigenvalue weighted by atomic mass is 9.99. The molecule has 0 amide bonds. The smallest absolute Gasteiger partial charge is 0.0908 e. The normalized spacial score (nSPS) is 14.0. The summed E-state index contributed by atoms with van der Waals surface area (Å²) in [5.41, 5.74) is 1.42. The molecule has 14 heavy (non-hydrogen) atoms. The van der Waals surface area contributed by atoms with Crippen molar-refractivity contribution in [1.82, 2.24) is 0 Å². The van der Waals surface area contributed by atoms with E-state index in [2.05, 4.69) is 37.3 Å². The fourth-order valence-corrected chi connectivity index (χ4v) is 3.61. The van der Waals surface area contributed by atoms with Gasteiger partial charge < -0.3 is 0 Å². The first-order chi connectivity index (χ1) is 6.70. The first-order valence-corrected chi connectivity index (χ1v) is 7.72. The van der Waals surface area contributed by atoms with E-state index in [1.54, 1.807) is 0 Å². The number of hydrogen-bond acceptors (Lipinski definition) is 0. The number of rotatable bonds is 5. The Bertz CT molecular complexity index is 249. The Morgan fingerprint density at radius 2 is 1.86 bits per heavy atom. The Kier molecular flexibility index (Phi) is 5.60. The van der Waals surface area contributed by atoms with E-state index in [0.717, 1.165) is 0 Å². The van der Waals surface area contributed by atoms with Gasteiger partial charge in [0.25, 0.3) is 0 Å². The molecule has 0 fully saturated rings. The van der Waals surface area contributed by atoms with Crippen LogP contribution in [0.4, 0.5) is 0 Å². The van der Waals surface area contributed by atoms with Crippen LogP contribution in [0, 0.1) is 0 Å². The van der Waals surface area contributed by atoms with Crippen molar-refractivity contribution in [2.75, 3.05) is 0 Å². The predicted molar refractivity (Wildman–Crippen MR) is 68.3 cm³/mol. The van der Waals surface area contributed by atoms with Crippen molar-refractivity contribution in [2.24, 2.45) is 0 Å². The maximum absolute atomic E-state index is 5.73. The molecule has 0 aromatic heterocycles. The second-order valence-corrected chi connectivity index (χ2v) is 8.05. The van der Waals surface area contributed by atoms with Gasteiger partial charge in [0, 0.05) is 0 Å². The predicted octanol–water partition coefficient (Wildman–Crippen LogP) is 3.53. The van der Waals surface area contributed by atoms with Crippen molar-refractivity contribution >= 4 is 32.7 Å². The first-order valence-electron chi connectivity index (χ1n) is 5.03. The van der Waals surface area contributed by atoms with Gasteiger partial charge in [-0.25, -0.2) is 0 Å². The van der Waals surface area contributed by atoms with E-state index in [9.17, 15) is 0 Å². The van der Waals surface area contributed by atoms with Gasteiger partial charge in [0.05, 0.1) is 14.0 Å². The van der Waals surface area contributed by atoms with Gasteiger partial charge in [-0.15, -0.1) is 23.2 Å². The number of hydrogen-bond donors (Lipinski definition) is 0. The molecule has 1 unspecified atom stereocenters. The molecule has 0 N–H and O–H groups in total. The van der Waals surface area contributed by atoms with Crippen molar-refractivity contribution in [3.8, 4) is 0 Å². The van der Waals surface area contributed by atoms with Gasteiger partial charge in [-0.1, -0.05) is 43.3 Å². The largest absolute Gasteiger partial charge is 0.110 e. The Morgan fingerprint density at radius 1 is 1.21 bits per heavy atom. The van der Waals surface area contributed by atoms with Crippen molar-refractivity contribution in [2.45, 2.75) is 29.8 Å². The lowest BCUT2D eigenvalue weighted by molar-refractivity contribution is 0.730. The standard InChI is InChI=1S/C11H16Cl2Si/c1-9(7-8-14-11(12)13)10-5-3-2-4-6-10/h2-6,9,11H,7-8,14H2,1H3. The quantitative estimate of drug-likeness (QED) is 0.551. The molecule has 3 heteroatoms. The van der Waals surface area contributed by atoms with Gasteiger partial charge in [0.2, 0.25) is 0 Å². The average Bonchev–Trinajstić information content (AvgIpc) is 2.18. The Labute approximate surface area is 98.4 Å². The molecule has 0 bridgehead atoms. The minimum atomic E-state index is -0.271. The van der Waals surface area contributed by atoms with E-state index >= 15 is 0 Å². The zero-order chi connectivity index (χ0) is 10.4. The van der Waals surface area contributed by atoms with Gasteiger partial charge in [-0.2, -0.15) is 0 Å². The third-order valence-electron chi connectivity index (χ3n) is 2.43. The fraction of sp³-hybridized carbons (Fsp3) is 0.455. The highest BCUT2D eigenvalue weighted by atomic mass is 35.5. The molecule has 0 aliphatic carbocycles. The first kappa shape index (κ1) is 12.1. The summed E-state index contributed by atoms with van der Waals surface area (Å²) in [5.74, 6) is 0.635. The summed E-state index contributed by atoms with van der Waals surface area (Å²) in [7, 11) is -0.271. The monoisotopic (exact) mass is 246 g/mol. The molecular weight excluding hydrogens is 231 g/mol. The van der Waals surface area contributed by atoms with Crippen LogP contribution >= 0.6 is 23.2 Å². The summed E-state index contributed by atoms with van der Waals surface area (Å²) in [6, 6.07) is 11.8. The highest BCUT2D eigenvalue weighted by Crippen LogP contribution is 2.20. The Balaban J connectivity index is 2.32. The molecule has 78 valence electrons. The Morgan fingerprint density at radius 3 is 2.43 bits per heavy atom. The van der Waals surface area contributed by atoms with Gasteiger partial charge in [-0.05, 0) is 17.9 Å². The van der Waals surface area contributed by atoms with E-state index in [1.807, 2.05) is 0 Å². The lowest BCUT2D eigenvalue weighted by Crippen LogP contribution is -2.03. The van der Waals surface area contributed by atoms with Crippen LogP contribution in [0.15, 0.2) is 30.3 Å². The van der Waals surface area contributed by atoms with Crippen LogP contribution in [0.3, 0.4) is 0 Å². The van der Waals surface area contributed by atoms with Gasteiger partial charge in [-0.3, -0.25) is 0 Å². The van der Waals surface area contributed by atoms with E-state index in [4.69, 9.17) is 23.2 Å². The summed E-state index contributed by atoms with van der Waals surface area (Å²) in [5, 5.41) is 0. The topological polar surface area (TPSA) is 0 Å². The second-order valence-electron chi connectivity index (χ2n) is 3.63. The summed E-state index contributed by atoms with van der Waals surface area (Å²) >= 11 is 11.5. The summed E-state index contributed by atoms with van der Waals surface area (Å²) in [6.07, 6.45) is 1.21. The maximum atomic E-state index is 5.73. The SMILES string of the molecule is CC(CC[SiH2]C(Cl)Cl)c1ccccc1. The second kappa shape index (κ2) is 6.49. The van der Waals surface area contributed by atoms with Crippen molar-refractivity contribution < 1.29 is 0 Å². The van der Waals surface area contributed by atoms with Crippen LogP contribution in [0.1, 0.15) is 24.8 Å². The third kappa shape index (κ3) is 4.49. The highest BCUT2D eigenvalue weighted by molar-refractivity contribution is 6.68. The van der Waals surface area contributed by atoms with Crippen LogP contribution in [-0.2, 0) is 0 Å². The summed E-state index contributed by atoms with van der Waals surface area (Å²) < 4.78 is -0.0713. The molecule has 0 saturated carbocycles. The van der Waals surface area contributed by atoms with Crippen LogP contribution in [-0.4, -0.2) is 14.0 Å². The molecule has 0 saturated heterocycles. The van der Waals surface area contributed by atoms with Gasteiger partial charge >= 0.3 is 0 Å². The van der Waals surface area contributed by atoms with Gasteiger partial charge in [0.15, 0.2) is 0 Å². The van der Waals surface area contributed by atoms with Crippen molar-refractivity contribution in [3.63, 3.8) is 0 Å². The molecule has 0 heterocycles. The van der Waals surface area contributed by atoms with E-state index in [0.29, 0.717) is 5.92 Å². The highest BCUT2D eigenvalue weighted by Gasteiger charge is 2.06. The number of halogens is 2. The molecule has 0 spiro atoms. The van der Waals surface area contributed by atoms with Gasteiger partial charge in [0.1, 0.15) is 0 Å². The van der Waals surface area contributed by atoms with E-state index in [1.165, 1.54) is 18.0 Å². The number of benzene rings is 1. The lowest BCUT2D eigenvalue weighted by Gasteiger charge is -2.11. The average molecular weight is 247 g/mol. The van der Waals surface area contributed by atoms with Crippen LogP contribution < -0.4 is 0 Å². The fourth-order valence-electron chi connectivity index (χ4n) is 1.53. The summed E-state index contributed by atoms with van der Waals surface area (Å²) in [4.78, 5) is 0. The van der Waals surface area contributed by atoms with Crippen molar-refractivity contribution in [1.29, 1.82) is 0 Å². The van der Waals surface area contributed by atoms with E-state index in [-0.39, 0.29) is 14.0 Å². The molecule has 1 atom stereocenters. The van der Waals surface area contributed by atoms with Crippen molar-refractivity contribution in [3.05, 3.63) is 35.9 Å². The van der Waals surface area contributed by atoms with Crippen LogP contribution in [0.5, 0.6) is 0 Å². The Hall–Kier alpha value is 0.0169. The zero-order valence-electron chi connectivity index (χ0n) is 8.42.